The van der Waals surface area contributed by atoms with E-state index in [1.165, 1.54) is 12.1 Å². The number of hydrogen-bond donors (Lipinski definition) is 0. The highest BCUT2D eigenvalue weighted by Gasteiger charge is 2.53. The SMILES string of the molecule is CC(=O)OC1C(OC(C)=O)[C@H](OC(C)=O)C(COS(=O)(=O)c2ccc(C)cc2)O[C@H]1OC(C)=O. The second-order valence-electron chi connectivity index (χ2n) is 7.43. The van der Waals surface area contributed by atoms with Gasteiger partial charge in [-0.05, 0) is 19.1 Å². The Morgan fingerprint density at radius 3 is 1.74 bits per heavy atom. The number of ether oxygens (including phenoxy) is 5. The van der Waals surface area contributed by atoms with Gasteiger partial charge in [0.25, 0.3) is 10.1 Å². The van der Waals surface area contributed by atoms with Gasteiger partial charge in [-0.3, -0.25) is 23.4 Å². The lowest BCUT2D eigenvalue weighted by atomic mass is 9.98. The van der Waals surface area contributed by atoms with Crippen molar-refractivity contribution in [2.24, 2.45) is 0 Å². The zero-order chi connectivity index (χ0) is 25.6. The van der Waals surface area contributed by atoms with E-state index in [-0.39, 0.29) is 4.90 Å². The molecule has 188 valence electrons. The van der Waals surface area contributed by atoms with Crippen molar-refractivity contribution < 1.29 is 55.5 Å². The van der Waals surface area contributed by atoms with Crippen LogP contribution in [0.5, 0.6) is 0 Å². The lowest BCUT2D eigenvalue weighted by Gasteiger charge is -2.43. The molecule has 1 fully saturated rings. The summed E-state index contributed by atoms with van der Waals surface area (Å²) in [5, 5.41) is 0. The van der Waals surface area contributed by atoms with E-state index in [9.17, 15) is 27.6 Å². The summed E-state index contributed by atoms with van der Waals surface area (Å²) < 4.78 is 56.6. The molecule has 0 amide bonds. The molecule has 1 aliphatic heterocycles. The van der Waals surface area contributed by atoms with Crippen LogP contribution in [0.4, 0.5) is 0 Å². The highest BCUT2D eigenvalue weighted by atomic mass is 32.2. The first-order chi connectivity index (χ1) is 15.8. The summed E-state index contributed by atoms with van der Waals surface area (Å²) in [6, 6.07) is 5.84. The topological polar surface area (TPSA) is 158 Å². The van der Waals surface area contributed by atoms with Crippen molar-refractivity contribution in [2.75, 3.05) is 6.61 Å². The zero-order valence-corrected chi connectivity index (χ0v) is 20.0. The van der Waals surface area contributed by atoms with Gasteiger partial charge in [0, 0.05) is 27.7 Å². The zero-order valence-electron chi connectivity index (χ0n) is 19.2. The maximum atomic E-state index is 12.6. The minimum absolute atomic E-state index is 0.135. The number of benzene rings is 1. The quantitative estimate of drug-likeness (QED) is 0.280. The van der Waals surface area contributed by atoms with Crippen molar-refractivity contribution >= 4 is 34.0 Å². The van der Waals surface area contributed by atoms with Crippen LogP contribution in [-0.4, -0.2) is 69.6 Å². The molecule has 0 saturated carbocycles. The molecule has 1 aliphatic rings. The average Bonchev–Trinajstić information content (AvgIpc) is 2.70. The Bertz CT molecular complexity index is 1020. The third-order valence-corrected chi connectivity index (χ3v) is 5.77. The van der Waals surface area contributed by atoms with Gasteiger partial charge in [-0.15, -0.1) is 0 Å². The highest BCUT2D eigenvalue weighted by Crippen LogP contribution is 2.30. The maximum absolute atomic E-state index is 12.6. The fourth-order valence-electron chi connectivity index (χ4n) is 3.18. The smallest absolute Gasteiger partial charge is 0.305 e. The minimum atomic E-state index is -4.26. The first-order valence-corrected chi connectivity index (χ1v) is 11.5. The van der Waals surface area contributed by atoms with Crippen LogP contribution < -0.4 is 0 Å². The van der Waals surface area contributed by atoms with Crippen LogP contribution in [0.1, 0.15) is 33.3 Å². The lowest BCUT2D eigenvalue weighted by molar-refractivity contribution is -0.298. The number of rotatable bonds is 8. The van der Waals surface area contributed by atoms with Crippen molar-refractivity contribution in [2.45, 2.75) is 70.2 Å². The largest absolute Gasteiger partial charge is 0.456 e. The summed E-state index contributed by atoms with van der Waals surface area (Å²) in [5.41, 5.74) is 0.828. The molecule has 34 heavy (non-hydrogen) atoms. The van der Waals surface area contributed by atoms with Crippen LogP contribution in [0.15, 0.2) is 29.2 Å². The third kappa shape index (κ3) is 7.50. The van der Waals surface area contributed by atoms with Crippen molar-refractivity contribution in [1.29, 1.82) is 0 Å². The lowest BCUT2D eigenvalue weighted by Crippen LogP contribution is -2.63. The van der Waals surface area contributed by atoms with Gasteiger partial charge in [0.1, 0.15) is 6.10 Å². The Morgan fingerprint density at radius 1 is 0.765 bits per heavy atom. The van der Waals surface area contributed by atoms with E-state index in [4.69, 9.17) is 27.9 Å². The summed E-state index contributed by atoms with van der Waals surface area (Å²) in [4.78, 5) is 46.6. The Labute approximate surface area is 196 Å². The monoisotopic (exact) mass is 502 g/mol. The number of carbonyl (C=O) groups excluding carboxylic acids is 4. The summed E-state index contributed by atoms with van der Waals surface area (Å²) in [7, 11) is -4.26. The van der Waals surface area contributed by atoms with Gasteiger partial charge < -0.3 is 23.7 Å². The van der Waals surface area contributed by atoms with Crippen LogP contribution in [0, 0.1) is 6.92 Å². The molecule has 0 radical (unpaired) electrons. The molecule has 12 nitrogen and oxygen atoms in total. The fourth-order valence-corrected chi connectivity index (χ4v) is 4.10. The standard InChI is InChI=1S/C21H26O12S/c1-11-6-8-16(9-7-11)34(26,27)28-10-17-18(29-12(2)22)19(30-13(3)23)20(31-14(4)24)21(33-17)32-15(5)25/h6-9,17-21H,10H2,1-5H3/t17?,18-,19?,20?,21-/m1/s1. The van der Waals surface area contributed by atoms with Crippen LogP contribution >= 0.6 is 0 Å². The molecular formula is C21H26O12S. The highest BCUT2D eigenvalue weighted by molar-refractivity contribution is 7.86. The maximum Gasteiger partial charge on any atom is 0.305 e. The molecule has 0 N–H and O–H groups in total. The van der Waals surface area contributed by atoms with Crippen LogP contribution in [0.3, 0.4) is 0 Å². The van der Waals surface area contributed by atoms with Gasteiger partial charge in [-0.25, -0.2) is 0 Å². The predicted octanol–water partition coefficient (Wildman–Crippen LogP) is 0.783. The van der Waals surface area contributed by atoms with Gasteiger partial charge in [-0.1, -0.05) is 17.7 Å². The third-order valence-electron chi connectivity index (χ3n) is 4.48. The second-order valence-corrected chi connectivity index (χ2v) is 9.04. The molecule has 1 heterocycles. The van der Waals surface area contributed by atoms with Crippen molar-refractivity contribution in [3.05, 3.63) is 29.8 Å². The van der Waals surface area contributed by atoms with E-state index in [2.05, 4.69) is 0 Å². The van der Waals surface area contributed by atoms with E-state index >= 15 is 0 Å². The van der Waals surface area contributed by atoms with Crippen LogP contribution in [0.25, 0.3) is 0 Å². The Hall–Kier alpha value is -3.03. The van der Waals surface area contributed by atoms with Gasteiger partial charge in [0.05, 0.1) is 11.5 Å². The number of aryl methyl sites for hydroxylation is 1. The molecule has 1 saturated heterocycles. The first kappa shape index (κ1) is 27.2. The molecule has 13 heteroatoms. The molecule has 0 aromatic heterocycles. The summed E-state index contributed by atoms with van der Waals surface area (Å²) in [6.07, 6.45) is -7.50. The molecule has 1 aromatic rings. The van der Waals surface area contributed by atoms with Gasteiger partial charge in [-0.2, -0.15) is 8.42 Å². The van der Waals surface area contributed by atoms with Crippen LogP contribution in [-0.2, 0) is 57.2 Å². The van der Waals surface area contributed by atoms with E-state index in [1.807, 2.05) is 0 Å². The summed E-state index contributed by atoms with van der Waals surface area (Å²) in [6.45, 7) is 5.29. The Morgan fingerprint density at radius 2 is 1.24 bits per heavy atom. The van der Waals surface area contributed by atoms with Crippen molar-refractivity contribution in [3.8, 4) is 0 Å². The Kier molecular flexibility index (Phi) is 9.13. The summed E-state index contributed by atoms with van der Waals surface area (Å²) >= 11 is 0. The second kappa shape index (κ2) is 11.4. The van der Waals surface area contributed by atoms with E-state index in [1.54, 1.807) is 19.1 Å². The molecule has 0 aliphatic carbocycles. The average molecular weight is 502 g/mol. The van der Waals surface area contributed by atoms with E-state index in [0.717, 1.165) is 33.3 Å². The predicted molar refractivity (Wildman–Crippen MR) is 111 cm³/mol. The minimum Gasteiger partial charge on any atom is -0.456 e. The molecule has 5 atom stereocenters. The van der Waals surface area contributed by atoms with Gasteiger partial charge >= 0.3 is 23.9 Å². The number of hydrogen-bond acceptors (Lipinski definition) is 12. The molecule has 3 unspecified atom stereocenters. The first-order valence-electron chi connectivity index (χ1n) is 10.1. The van der Waals surface area contributed by atoms with Crippen molar-refractivity contribution in [3.63, 3.8) is 0 Å². The molecule has 0 spiro atoms. The molecule has 0 bridgehead atoms. The van der Waals surface area contributed by atoms with Gasteiger partial charge in [0.15, 0.2) is 12.2 Å². The molecular weight excluding hydrogens is 476 g/mol. The van der Waals surface area contributed by atoms with Crippen molar-refractivity contribution in [1.82, 2.24) is 0 Å². The molecule has 2 rings (SSSR count). The molecule has 1 aromatic carbocycles. The van der Waals surface area contributed by atoms with E-state index < -0.39 is 71.3 Å². The Balaban J connectivity index is 2.40. The van der Waals surface area contributed by atoms with E-state index in [0.29, 0.717) is 0 Å². The summed E-state index contributed by atoms with van der Waals surface area (Å²) in [5.74, 6) is -3.33. The normalized spacial score (nSPS) is 24.6. The fraction of sp³-hybridized carbons (Fsp3) is 0.524. The number of carbonyl (C=O) groups is 4. The van der Waals surface area contributed by atoms with Crippen LogP contribution in [0.2, 0.25) is 0 Å². The van der Waals surface area contributed by atoms with Gasteiger partial charge in [0.2, 0.25) is 12.4 Å². The number of esters is 4.